The molecular formula is C9H19NO2. The molecule has 0 radical (unpaired) electrons. The highest BCUT2D eigenvalue weighted by atomic mass is 16.3. The van der Waals surface area contributed by atoms with E-state index in [1.807, 2.05) is 13.8 Å². The molecule has 3 heteroatoms. The molecule has 0 fully saturated rings. The van der Waals surface area contributed by atoms with E-state index < -0.39 is 12.1 Å². The van der Waals surface area contributed by atoms with Gasteiger partial charge < -0.3 is 10.4 Å². The van der Waals surface area contributed by atoms with Crippen LogP contribution in [0.2, 0.25) is 0 Å². The molecule has 0 rings (SSSR count). The highest BCUT2D eigenvalue weighted by Crippen LogP contribution is 1.99. The van der Waals surface area contributed by atoms with Crippen LogP contribution in [0.5, 0.6) is 0 Å². The largest absolute Gasteiger partial charge is 0.391 e. The summed E-state index contributed by atoms with van der Waals surface area (Å²) >= 11 is 0. The van der Waals surface area contributed by atoms with E-state index in [0.717, 1.165) is 0 Å². The Morgan fingerprint density at radius 2 is 1.92 bits per heavy atom. The Morgan fingerprint density at radius 1 is 1.42 bits per heavy atom. The van der Waals surface area contributed by atoms with Gasteiger partial charge in [0, 0.05) is 12.5 Å². The van der Waals surface area contributed by atoms with Gasteiger partial charge in [0.05, 0.1) is 12.1 Å². The van der Waals surface area contributed by atoms with E-state index in [1.54, 1.807) is 13.8 Å². The fourth-order valence-corrected chi connectivity index (χ4v) is 1.08. The Bertz CT molecular complexity index is 143. The first kappa shape index (κ1) is 11.6. The normalized spacial score (nSPS) is 16.2. The molecule has 0 bridgehead atoms. The van der Waals surface area contributed by atoms with E-state index in [1.165, 1.54) is 0 Å². The van der Waals surface area contributed by atoms with Crippen LogP contribution in [0, 0.1) is 0 Å². The first-order valence-electron chi connectivity index (χ1n) is 4.45. The zero-order valence-electron chi connectivity index (χ0n) is 8.29. The van der Waals surface area contributed by atoms with Gasteiger partial charge in [0.25, 0.3) is 0 Å². The number of aliphatic hydroxyl groups is 1. The Hall–Kier alpha value is -0.410. The van der Waals surface area contributed by atoms with Crippen molar-refractivity contribution < 1.29 is 9.90 Å². The summed E-state index contributed by atoms with van der Waals surface area (Å²) < 4.78 is 0. The van der Waals surface area contributed by atoms with Crippen LogP contribution in [-0.4, -0.2) is 29.1 Å². The van der Waals surface area contributed by atoms with Crippen LogP contribution < -0.4 is 5.32 Å². The van der Waals surface area contributed by atoms with Gasteiger partial charge in [-0.2, -0.15) is 0 Å². The van der Waals surface area contributed by atoms with Crippen molar-refractivity contribution in [3.05, 3.63) is 0 Å². The van der Waals surface area contributed by atoms with E-state index in [4.69, 9.17) is 0 Å². The number of carbonyl (C=O) groups is 1. The third-order valence-corrected chi connectivity index (χ3v) is 1.69. The van der Waals surface area contributed by atoms with Crippen LogP contribution in [0.1, 0.15) is 34.1 Å². The zero-order valence-corrected chi connectivity index (χ0v) is 8.29. The van der Waals surface area contributed by atoms with Crippen LogP contribution in [0.15, 0.2) is 0 Å². The van der Waals surface area contributed by atoms with Gasteiger partial charge in [0.1, 0.15) is 0 Å². The summed E-state index contributed by atoms with van der Waals surface area (Å²) in [6.07, 6.45) is -0.144. The fraction of sp³-hybridized carbons (Fsp3) is 0.889. The van der Waals surface area contributed by atoms with Crippen molar-refractivity contribution in [2.45, 2.75) is 52.3 Å². The molecule has 0 aromatic carbocycles. The van der Waals surface area contributed by atoms with Gasteiger partial charge in [0.2, 0.25) is 0 Å². The molecular weight excluding hydrogens is 154 g/mol. The zero-order chi connectivity index (χ0) is 9.72. The third kappa shape index (κ3) is 3.83. The van der Waals surface area contributed by atoms with Crippen LogP contribution >= 0.6 is 0 Å². The molecule has 0 aromatic heterocycles. The fourth-order valence-electron chi connectivity index (χ4n) is 1.08. The Morgan fingerprint density at radius 3 is 2.17 bits per heavy atom. The topological polar surface area (TPSA) is 49.3 Å². The molecule has 0 aliphatic rings. The van der Waals surface area contributed by atoms with Crippen LogP contribution in [0.3, 0.4) is 0 Å². The summed E-state index contributed by atoms with van der Waals surface area (Å²) in [7, 11) is 0. The molecule has 0 unspecified atom stereocenters. The van der Waals surface area contributed by atoms with E-state index >= 15 is 0 Å². The van der Waals surface area contributed by atoms with Gasteiger partial charge in [-0.1, -0.05) is 20.8 Å². The van der Waals surface area contributed by atoms with Crippen molar-refractivity contribution in [3.8, 4) is 0 Å². The van der Waals surface area contributed by atoms with Crippen LogP contribution in [-0.2, 0) is 4.79 Å². The lowest BCUT2D eigenvalue weighted by Crippen LogP contribution is -2.47. The molecule has 0 saturated heterocycles. The molecule has 0 saturated carbocycles. The van der Waals surface area contributed by atoms with Crippen molar-refractivity contribution >= 4 is 5.78 Å². The summed E-state index contributed by atoms with van der Waals surface area (Å²) in [6, 6.07) is -0.185. The van der Waals surface area contributed by atoms with Gasteiger partial charge >= 0.3 is 0 Å². The average molecular weight is 173 g/mol. The van der Waals surface area contributed by atoms with Crippen molar-refractivity contribution in [3.63, 3.8) is 0 Å². The summed E-state index contributed by atoms with van der Waals surface area (Å²) in [6.45, 7) is 7.35. The summed E-state index contributed by atoms with van der Waals surface area (Å²) in [4.78, 5) is 11.3. The summed E-state index contributed by atoms with van der Waals surface area (Å²) in [5.74, 6) is 0.0682. The Kier molecular flexibility index (Phi) is 5.09. The molecule has 0 spiro atoms. The van der Waals surface area contributed by atoms with Gasteiger partial charge in [-0.3, -0.25) is 4.79 Å². The highest BCUT2D eigenvalue weighted by molar-refractivity contribution is 5.84. The maximum atomic E-state index is 11.3. The second-order valence-corrected chi connectivity index (χ2v) is 3.36. The minimum absolute atomic E-state index is 0.0682. The second kappa shape index (κ2) is 5.27. The number of Topliss-reactive ketones (excluding diaryl/α,β-unsaturated/α-hetero) is 1. The number of carbonyl (C=O) groups excluding carboxylic acids is 1. The third-order valence-electron chi connectivity index (χ3n) is 1.69. The molecule has 3 nitrogen and oxygen atoms in total. The number of hydrogen-bond donors (Lipinski definition) is 2. The Balaban J connectivity index is 4.13. The van der Waals surface area contributed by atoms with Crippen LogP contribution in [0.25, 0.3) is 0 Å². The van der Waals surface area contributed by atoms with Crippen molar-refractivity contribution in [2.75, 3.05) is 0 Å². The van der Waals surface area contributed by atoms with Gasteiger partial charge in [0.15, 0.2) is 5.78 Å². The number of aliphatic hydroxyl groups excluding tert-OH is 1. The molecule has 2 atom stereocenters. The van der Waals surface area contributed by atoms with E-state index in [9.17, 15) is 9.90 Å². The number of nitrogens with one attached hydrogen (secondary N) is 1. The quantitative estimate of drug-likeness (QED) is 0.644. The minimum Gasteiger partial charge on any atom is -0.391 e. The first-order chi connectivity index (χ1) is 5.49. The molecule has 2 N–H and O–H groups in total. The number of rotatable bonds is 5. The number of ketones is 1. The monoisotopic (exact) mass is 173 g/mol. The van der Waals surface area contributed by atoms with Crippen molar-refractivity contribution in [1.82, 2.24) is 5.32 Å². The van der Waals surface area contributed by atoms with Gasteiger partial charge in [-0.05, 0) is 6.92 Å². The lowest BCUT2D eigenvalue weighted by atomic mass is 10.0. The number of hydrogen-bond acceptors (Lipinski definition) is 3. The first-order valence-corrected chi connectivity index (χ1v) is 4.45. The predicted octanol–water partition coefficient (Wildman–Crippen LogP) is 0.713. The van der Waals surface area contributed by atoms with Gasteiger partial charge in [-0.25, -0.2) is 0 Å². The molecule has 72 valence electrons. The molecule has 12 heavy (non-hydrogen) atoms. The molecule has 0 heterocycles. The summed E-state index contributed by atoms with van der Waals surface area (Å²) in [5.41, 5.74) is 0. The van der Waals surface area contributed by atoms with Crippen LogP contribution in [0.4, 0.5) is 0 Å². The average Bonchev–Trinajstić information content (AvgIpc) is 1.98. The SMILES string of the molecule is CCC(=O)[C@@H](NC(C)C)[C@H](C)O. The van der Waals surface area contributed by atoms with Crippen molar-refractivity contribution in [2.24, 2.45) is 0 Å². The van der Waals surface area contributed by atoms with E-state index in [0.29, 0.717) is 6.42 Å². The lowest BCUT2D eigenvalue weighted by molar-refractivity contribution is -0.123. The van der Waals surface area contributed by atoms with E-state index in [2.05, 4.69) is 5.32 Å². The molecule has 0 amide bonds. The Labute approximate surface area is 74.2 Å². The minimum atomic E-state index is -0.611. The van der Waals surface area contributed by atoms with Gasteiger partial charge in [-0.15, -0.1) is 0 Å². The smallest absolute Gasteiger partial charge is 0.152 e. The molecule has 0 aliphatic carbocycles. The molecule has 0 aromatic rings. The van der Waals surface area contributed by atoms with E-state index in [-0.39, 0.29) is 11.8 Å². The highest BCUT2D eigenvalue weighted by Gasteiger charge is 2.21. The maximum absolute atomic E-state index is 11.3. The molecule has 0 aliphatic heterocycles. The lowest BCUT2D eigenvalue weighted by Gasteiger charge is -2.21. The predicted molar refractivity (Wildman–Crippen MR) is 49.0 cm³/mol. The standard InChI is InChI=1S/C9H19NO2/c1-5-8(12)9(7(4)11)10-6(2)3/h6-7,9-11H,5H2,1-4H3/t7-,9-/m0/s1. The maximum Gasteiger partial charge on any atom is 0.152 e. The second-order valence-electron chi connectivity index (χ2n) is 3.36. The summed E-state index contributed by atoms with van der Waals surface area (Å²) in [5, 5.41) is 12.3. The van der Waals surface area contributed by atoms with Crippen molar-refractivity contribution in [1.29, 1.82) is 0 Å².